The zero-order valence-electron chi connectivity index (χ0n) is 11.5. The van der Waals surface area contributed by atoms with Crippen LogP contribution in [-0.4, -0.2) is 24.8 Å². The van der Waals surface area contributed by atoms with E-state index in [1.807, 2.05) is 0 Å². The zero-order chi connectivity index (χ0) is 12.7. The van der Waals surface area contributed by atoms with Gasteiger partial charge in [-0.25, -0.2) is 0 Å². The van der Waals surface area contributed by atoms with Crippen molar-refractivity contribution in [2.75, 3.05) is 13.1 Å². The van der Waals surface area contributed by atoms with Gasteiger partial charge in [-0.15, -0.1) is 12.3 Å². The van der Waals surface area contributed by atoms with Gasteiger partial charge in [0.15, 0.2) is 0 Å². The van der Waals surface area contributed by atoms with Gasteiger partial charge in [-0.05, 0) is 45.1 Å². The van der Waals surface area contributed by atoms with Crippen LogP contribution in [0, 0.1) is 12.3 Å². The van der Waals surface area contributed by atoms with Gasteiger partial charge in [-0.2, -0.15) is 0 Å². The largest absolute Gasteiger partial charge is 0.370 e. The van der Waals surface area contributed by atoms with Crippen LogP contribution < -0.4 is 5.32 Å². The van der Waals surface area contributed by atoms with Crippen molar-refractivity contribution in [3.05, 3.63) is 0 Å². The van der Waals surface area contributed by atoms with E-state index in [1.54, 1.807) is 0 Å². The van der Waals surface area contributed by atoms with Crippen molar-refractivity contribution in [1.29, 1.82) is 0 Å². The van der Waals surface area contributed by atoms with Crippen LogP contribution >= 0.6 is 0 Å². The summed E-state index contributed by atoms with van der Waals surface area (Å²) in [6.07, 6.45) is 18.2. The minimum absolute atomic E-state index is 0.272. The molecule has 0 bridgehead atoms. The molecule has 1 spiro atoms. The van der Waals surface area contributed by atoms with E-state index >= 15 is 0 Å². The monoisotopic (exact) mass is 249 g/mol. The number of rotatable bonds is 6. The Morgan fingerprint density at radius 1 is 1.17 bits per heavy atom. The molecule has 18 heavy (non-hydrogen) atoms. The lowest BCUT2D eigenvalue weighted by Gasteiger charge is -2.33. The first-order chi connectivity index (χ1) is 8.85. The summed E-state index contributed by atoms with van der Waals surface area (Å²) in [7, 11) is 0. The van der Waals surface area contributed by atoms with Crippen molar-refractivity contribution in [3.63, 3.8) is 0 Å². The fourth-order valence-corrected chi connectivity index (χ4v) is 3.34. The van der Waals surface area contributed by atoms with Crippen LogP contribution in [0.15, 0.2) is 0 Å². The Hall–Kier alpha value is -0.520. The van der Waals surface area contributed by atoms with Gasteiger partial charge in [-0.1, -0.05) is 19.3 Å². The topological polar surface area (TPSA) is 21.3 Å². The maximum Gasteiger partial charge on any atom is 0.0708 e. The van der Waals surface area contributed by atoms with Crippen LogP contribution in [0.3, 0.4) is 0 Å². The highest BCUT2D eigenvalue weighted by atomic mass is 16.5. The number of nitrogens with one attached hydrogen (secondary N) is 1. The summed E-state index contributed by atoms with van der Waals surface area (Å²) in [6, 6.07) is 0. The lowest BCUT2D eigenvalue weighted by atomic mass is 9.83. The van der Waals surface area contributed by atoms with Gasteiger partial charge in [0.25, 0.3) is 0 Å². The average molecular weight is 249 g/mol. The van der Waals surface area contributed by atoms with Gasteiger partial charge in [0.1, 0.15) is 0 Å². The summed E-state index contributed by atoms with van der Waals surface area (Å²) >= 11 is 0. The van der Waals surface area contributed by atoms with E-state index in [2.05, 4.69) is 11.2 Å². The van der Waals surface area contributed by atoms with E-state index in [0.29, 0.717) is 6.10 Å². The van der Waals surface area contributed by atoms with E-state index in [-0.39, 0.29) is 5.60 Å². The van der Waals surface area contributed by atoms with Crippen molar-refractivity contribution >= 4 is 0 Å². The minimum Gasteiger partial charge on any atom is -0.370 e. The van der Waals surface area contributed by atoms with Crippen LogP contribution in [0.25, 0.3) is 0 Å². The lowest BCUT2D eigenvalue weighted by molar-refractivity contribution is -0.0623. The Labute approximate surface area is 112 Å². The lowest BCUT2D eigenvalue weighted by Crippen LogP contribution is -2.34. The zero-order valence-corrected chi connectivity index (χ0v) is 11.5. The maximum absolute atomic E-state index is 6.32. The molecular weight excluding hydrogens is 222 g/mol. The Balaban J connectivity index is 1.57. The Kier molecular flexibility index (Phi) is 5.53. The smallest absolute Gasteiger partial charge is 0.0708 e. The third-order valence-electron chi connectivity index (χ3n) is 4.40. The molecule has 2 nitrogen and oxygen atoms in total. The predicted octanol–water partition coefficient (Wildman–Crippen LogP) is 3.26. The van der Waals surface area contributed by atoms with E-state index in [0.717, 1.165) is 25.9 Å². The third-order valence-corrected chi connectivity index (χ3v) is 4.40. The Bertz CT molecular complexity index is 275. The standard InChI is InChI=1S/C16H27NO/c1-2-3-4-8-13-17-14-15-9-12-16(18-15)10-6-5-7-11-16/h1,15,17H,3-14H2. The molecule has 0 aromatic heterocycles. The van der Waals surface area contributed by atoms with E-state index in [4.69, 9.17) is 11.2 Å². The van der Waals surface area contributed by atoms with Crippen molar-refractivity contribution in [3.8, 4) is 12.3 Å². The molecule has 1 aliphatic heterocycles. The fraction of sp³-hybridized carbons (Fsp3) is 0.875. The minimum atomic E-state index is 0.272. The third kappa shape index (κ3) is 4.00. The molecule has 0 aromatic rings. The van der Waals surface area contributed by atoms with Gasteiger partial charge >= 0.3 is 0 Å². The second-order valence-electron chi connectivity index (χ2n) is 5.89. The summed E-state index contributed by atoms with van der Waals surface area (Å²) < 4.78 is 6.32. The highest BCUT2D eigenvalue weighted by Crippen LogP contribution is 2.41. The molecular formula is C16H27NO. The molecule has 2 heteroatoms. The molecule has 1 unspecified atom stereocenters. The number of ether oxygens (including phenoxy) is 1. The van der Waals surface area contributed by atoms with Gasteiger partial charge in [0.05, 0.1) is 11.7 Å². The molecule has 1 atom stereocenters. The first-order valence-corrected chi connectivity index (χ1v) is 7.67. The number of unbranched alkanes of at least 4 members (excludes halogenated alkanes) is 2. The first-order valence-electron chi connectivity index (χ1n) is 7.67. The highest BCUT2D eigenvalue weighted by molar-refractivity contribution is 4.91. The summed E-state index contributed by atoms with van der Waals surface area (Å²) in [4.78, 5) is 0. The normalized spacial score (nSPS) is 26.3. The second kappa shape index (κ2) is 7.16. The highest BCUT2D eigenvalue weighted by Gasteiger charge is 2.40. The number of hydrogen-bond donors (Lipinski definition) is 1. The van der Waals surface area contributed by atoms with Crippen LogP contribution in [0.5, 0.6) is 0 Å². The Morgan fingerprint density at radius 2 is 2.00 bits per heavy atom. The van der Waals surface area contributed by atoms with Crippen LogP contribution in [0.1, 0.15) is 64.2 Å². The molecule has 102 valence electrons. The molecule has 1 saturated heterocycles. The van der Waals surface area contributed by atoms with Crippen molar-refractivity contribution in [2.24, 2.45) is 0 Å². The van der Waals surface area contributed by atoms with Gasteiger partial charge < -0.3 is 10.1 Å². The maximum atomic E-state index is 6.32. The molecule has 0 aromatic carbocycles. The van der Waals surface area contributed by atoms with Gasteiger partial charge in [0.2, 0.25) is 0 Å². The molecule has 2 fully saturated rings. The summed E-state index contributed by atoms with van der Waals surface area (Å²) in [5, 5.41) is 3.51. The number of terminal acetylenes is 1. The number of hydrogen-bond acceptors (Lipinski definition) is 2. The van der Waals surface area contributed by atoms with E-state index < -0.39 is 0 Å². The van der Waals surface area contributed by atoms with Crippen molar-refractivity contribution in [1.82, 2.24) is 5.32 Å². The fourth-order valence-electron chi connectivity index (χ4n) is 3.34. The van der Waals surface area contributed by atoms with Crippen molar-refractivity contribution in [2.45, 2.75) is 75.9 Å². The van der Waals surface area contributed by atoms with Crippen molar-refractivity contribution < 1.29 is 4.74 Å². The molecule has 1 N–H and O–H groups in total. The van der Waals surface area contributed by atoms with Crippen LogP contribution in [0.4, 0.5) is 0 Å². The molecule has 0 radical (unpaired) electrons. The molecule has 1 aliphatic carbocycles. The van der Waals surface area contributed by atoms with E-state index in [1.165, 1.54) is 51.4 Å². The molecule has 2 aliphatic rings. The summed E-state index contributed by atoms with van der Waals surface area (Å²) in [5.74, 6) is 2.69. The summed E-state index contributed by atoms with van der Waals surface area (Å²) in [6.45, 7) is 2.10. The van der Waals surface area contributed by atoms with Gasteiger partial charge in [-0.3, -0.25) is 0 Å². The first kappa shape index (κ1) is 13.9. The quantitative estimate of drug-likeness (QED) is 0.576. The van der Waals surface area contributed by atoms with E-state index in [9.17, 15) is 0 Å². The SMILES string of the molecule is C#CCCCCNCC1CCC2(CCCCC2)O1. The average Bonchev–Trinajstić information content (AvgIpc) is 2.78. The van der Waals surface area contributed by atoms with Crippen LogP contribution in [-0.2, 0) is 4.74 Å². The molecule has 1 heterocycles. The van der Waals surface area contributed by atoms with Gasteiger partial charge in [0, 0.05) is 13.0 Å². The Morgan fingerprint density at radius 3 is 2.78 bits per heavy atom. The predicted molar refractivity (Wildman–Crippen MR) is 75.5 cm³/mol. The summed E-state index contributed by atoms with van der Waals surface area (Å²) in [5.41, 5.74) is 0.272. The molecule has 1 saturated carbocycles. The van der Waals surface area contributed by atoms with Crippen LogP contribution in [0.2, 0.25) is 0 Å². The second-order valence-corrected chi connectivity index (χ2v) is 5.89. The molecule has 2 rings (SSSR count). The molecule has 0 amide bonds.